The minimum Gasteiger partial charge on any atom is -0.493 e. The Morgan fingerprint density at radius 2 is 2.04 bits per heavy atom. The largest absolute Gasteiger partial charge is 0.493 e. The Kier molecular flexibility index (Phi) is 4.90. The van der Waals surface area contributed by atoms with E-state index in [4.69, 9.17) is 9.47 Å². The number of sulfone groups is 1. The van der Waals surface area contributed by atoms with Gasteiger partial charge in [-0.3, -0.25) is 0 Å². The van der Waals surface area contributed by atoms with Gasteiger partial charge in [-0.05, 0) is 46.9 Å². The SMILES string of the molecule is O=S(=O)(CCc1ccc2c(c1)CCO2)Cc1nnnn1C1CCOCC1. The molecular formula is C17H22N4O4S. The van der Waals surface area contributed by atoms with E-state index in [-0.39, 0.29) is 17.5 Å². The Bertz CT molecular complexity index is 875. The molecule has 2 aliphatic heterocycles. The van der Waals surface area contributed by atoms with Crippen LogP contribution in [0.1, 0.15) is 35.8 Å². The number of aromatic nitrogens is 4. The normalized spacial score (nSPS) is 17.8. The topological polar surface area (TPSA) is 96.2 Å². The summed E-state index contributed by atoms with van der Waals surface area (Å²) in [5, 5.41) is 11.6. The fraction of sp³-hybridized carbons (Fsp3) is 0.588. The molecule has 0 spiro atoms. The molecule has 0 unspecified atom stereocenters. The maximum absolute atomic E-state index is 12.6. The van der Waals surface area contributed by atoms with E-state index in [0.29, 0.717) is 32.1 Å². The van der Waals surface area contributed by atoms with Crippen LogP contribution in [0.3, 0.4) is 0 Å². The first kappa shape index (κ1) is 17.4. The van der Waals surface area contributed by atoms with Crippen LogP contribution in [0, 0.1) is 0 Å². The van der Waals surface area contributed by atoms with E-state index in [9.17, 15) is 8.42 Å². The lowest BCUT2D eigenvalue weighted by Gasteiger charge is -2.22. The molecule has 0 N–H and O–H groups in total. The molecule has 0 amide bonds. The van der Waals surface area contributed by atoms with Gasteiger partial charge in [-0.25, -0.2) is 13.1 Å². The average Bonchev–Trinajstić information content (AvgIpc) is 3.29. The predicted octanol–water partition coefficient (Wildman–Crippen LogP) is 1.12. The maximum atomic E-state index is 12.6. The van der Waals surface area contributed by atoms with Crippen LogP contribution >= 0.6 is 0 Å². The fourth-order valence-electron chi connectivity index (χ4n) is 3.46. The van der Waals surface area contributed by atoms with Crippen LogP contribution in [0.4, 0.5) is 0 Å². The van der Waals surface area contributed by atoms with E-state index in [2.05, 4.69) is 15.5 Å². The molecule has 0 saturated carbocycles. The van der Waals surface area contributed by atoms with E-state index in [1.54, 1.807) is 4.68 Å². The highest BCUT2D eigenvalue weighted by Gasteiger charge is 2.24. The average molecular weight is 378 g/mol. The molecule has 2 aliphatic rings. The van der Waals surface area contributed by atoms with Crippen molar-refractivity contribution in [3.05, 3.63) is 35.2 Å². The van der Waals surface area contributed by atoms with Gasteiger partial charge in [0.2, 0.25) is 0 Å². The second kappa shape index (κ2) is 7.32. The highest BCUT2D eigenvalue weighted by Crippen LogP contribution is 2.26. The predicted molar refractivity (Wildman–Crippen MR) is 93.7 cm³/mol. The van der Waals surface area contributed by atoms with E-state index in [1.165, 1.54) is 0 Å². The van der Waals surface area contributed by atoms with Crippen LogP contribution in [0.15, 0.2) is 18.2 Å². The molecule has 0 aliphatic carbocycles. The summed E-state index contributed by atoms with van der Waals surface area (Å²) < 4.78 is 37.7. The van der Waals surface area contributed by atoms with Crippen LogP contribution in [0.5, 0.6) is 5.75 Å². The Labute approximate surface area is 152 Å². The molecule has 1 aromatic carbocycles. The third-order valence-electron chi connectivity index (χ3n) is 4.90. The molecule has 0 bridgehead atoms. The van der Waals surface area contributed by atoms with Crippen LogP contribution < -0.4 is 4.74 Å². The van der Waals surface area contributed by atoms with E-state index >= 15 is 0 Å². The Morgan fingerprint density at radius 3 is 2.88 bits per heavy atom. The third kappa shape index (κ3) is 3.88. The van der Waals surface area contributed by atoms with Crippen LogP contribution in [-0.4, -0.2) is 54.2 Å². The molecule has 1 saturated heterocycles. The van der Waals surface area contributed by atoms with Crippen molar-refractivity contribution < 1.29 is 17.9 Å². The van der Waals surface area contributed by atoms with Gasteiger partial charge in [-0.2, -0.15) is 0 Å². The van der Waals surface area contributed by atoms with Crippen LogP contribution in [-0.2, 0) is 33.2 Å². The lowest BCUT2D eigenvalue weighted by atomic mass is 10.1. The lowest BCUT2D eigenvalue weighted by molar-refractivity contribution is 0.0650. The van der Waals surface area contributed by atoms with Crippen molar-refractivity contribution in [3.63, 3.8) is 0 Å². The molecule has 1 aromatic heterocycles. The van der Waals surface area contributed by atoms with Crippen molar-refractivity contribution in [3.8, 4) is 5.75 Å². The van der Waals surface area contributed by atoms with Gasteiger partial charge >= 0.3 is 0 Å². The van der Waals surface area contributed by atoms with Crippen molar-refractivity contribution in [1.82, 2.24) is 20.2 Å². The van der Waals surface area contributed by atoms with Crippen molar-refractivity contribution >= 4 is 9.84 Å². The first-order valence-corrected chi connectivity index (χ1v) is 10.7. The number of hydrogen-bond acceptors (Lipinski definition) is 7. The Balaban J connectivity index is 1.41. The van der Waals surface area contributed by atoms with Crippen molar-refractivity contribution in [2.45, 2.75) is 37.5 Å². The van der Waals surface area contributed by atoms with Crippen LogP contribution in [0.25, 0.3) is 0 Å². The van der Waals surface area contributed by atoms with Gasteiger partial charge < -0.3 is 9.47 Å². The van der Waals surface area contributed by atoms with E-state index in [0.717, 1.165) is 36.1 Å². The van der Waals surface area contributed by atoms with Gasteiger partial charge in [0, 0.05) is 19.6 Å². The van der Waals surface area contributed by atoms with Crippen molar-refractivity contribution in [1.29, 1.82) is 0 Å². The molecule has 2 aromatic rings. The van der Waals surface area contributed by atoms with Gasteiger partial charge in [-0.1, -0.05) is 12.1 Å². The number of rotatable bonds is 6. The smallest absolute Gasteiger partial charge is 0.166 e. The molecular weight excluding hydrogens is 356 g/mol. The first-order chi connectivity index (χ1) is 12.6. The molecule has 0 atom stereocenters. The van der Waals surface area contributed by atoms with Gasteiger partial charge in [0.15, 0.2) is 15.7 Å². The van der Waals surface area contributed by atoms with Crippen molar-refractivity contribution in [2.75, 3.05) is 25.6 Å². The molecule has 9 heteroatoms. The van der Waals surface area contributed by atoms with Crippen LogP contribution in [0.2, 0.25) is 0 Å². The number of hydrogen-bond donors (Lipinski definition) is 0. The molecule has 140 valence electrons. The molecule has 4 rings (SSSR count). The molecule has 1 fully saturated rings. The van der Waals surface area contributed by atoms with Gasteiger partial charge in [0.25, 0.3) is 0 Å². The number of nitrogens with zero attached hydrogens (tertiary/aromatic N) is 4. The highest BCUT2D eigenvalue weighted by molar-refractivity contribution is 7.90. The number of benzene rings is 1. The molecule has 26 heavy (non-hydrogen) atoms. The number of ether oxygens (including phenoxy) is 2. The molecule has 3 heterocycles. The first-order valence-electron chi connectivity index (χ1n) is 8.90. The third-order valence-corrected chi connectivity index (χ3v) is 6.43. The summed E-state index contributed by atoms with van der Waals surface area (Å²) in [7, 11) is -3.30. The number of tetrazole rings is 1. The fourth-order valence-corrected chi connectivity index (χ4v) is 4.73. The Morgan fingerprint density at radius 1 is 1.19 bits per heavy atom. The maximum Gasteiger partial charge on any atom is 0.166 e. The van der Waals surface area contributed by atoms with E-state index in [1.807, 2.05) is 18.2 Å². The zero-order chi connectivity index (χ0) is 18.0. The summed E-state index contributed by atoms with van der Waals surface area (Å²) in [4.78, 5) is 0. The Hall–Kier alpha value is -2.00. The van der Waals surface area contributed by atoms with Crippen molar-refractivity contribution in [2.24, 2.45) is 0 Å². The number of fused-ring (bicyclic) bond motifs is 1. The van der Waals surface area contributed by atoms with Gasteiger partial charge in [0.05, 0.1) is 18.4 Å². The monoisotopic (exact) mass is 378 g/mol. The summed E-state index contributed by atoms with van der Waals surface area (Å²) in [5.74, 6) is 1.27. The highest BCUT2D eigenvalue weighted by atomic mass is 32.2. The minimum atomic E-state index is -3.30. The summed E-state index contributed by atoms with van der Waals surface area (Å²) in [5.41, 5.74) is 2.17. The van der Waals surface area contributed by atoms with Gasteiger partial charge in [0.1, 0.15) is 11.5 Å². The zero-order valence-electron chi connectivity index (χ0n) is 14.5. The van der Waals surface area contributed by atoms with E-state index < -0.39 is 9.84 Å². The molecule has 8 nitrogen and oxygen atoms in total. The minimum absolute atomic E-state index is 0.0767. The lowest BCUT2D eigenvalue weighted by Crippen LogP contribution is -2.24. The second-order valence-corrected chi connectivity index (χ2v) is 8.95. The summed E-state index contributed by atoms with van der Waals surface area (Å²) >= 11 is 0. The molecule has 0 radical (unpaired) electrons. The zero-order valence-corrected chi connectivity index (χ0v) is 15.3. The summed E-state index contributed by atoms with van der Waals surface area (Å²) in [6, 6.07) is 6.02. The van der Waals surface area contributed by atoms with Gasteiger partial charge in [-0.15, -0.1) is 5.10 Å². The summed E-state index contributed by atoms with van der Waals surface area (Å²) in [6.45, 7) is 2.00. The summed E-state index contributed by atoms with van der Waals surface area (Å²) in [6.07, 6.45) is 2.97. The quantitative estimate of drug-likeness (QED) is 0.743. The standard InChI is InChI=1S/C17H22N4O4S/c22-26(23,10-6-13-1-2-16-14(11-13)3-9-25-16)12-17-18-19-20-21(17)15-4-7-24-8-5-15/h1-2,11,15H,3-10,12H2. The second-order valence-electron chi connectivity index (χ2n) is 6.77. The number of aryl methyl sites for hydroxylation is 1.